The number of carboxylic acids is 1. The first-order valence-corrected chi connectivity index (χ1v) is 14.2. The molecule has 3 N–H and O–H groups in total. The third kappa shape index (κ3) is 4.60. The molecule has 0 bridgehead atoms. The van der Waals surface area contributed by atoms with Crippen molar-refractivity contribution in [2.24, 2.45) is 5.16 Å². The number of ether oxygens (including phenoxy) is 1. The maximum atomic E-state index is 13.1. The molecule has 3 atom stereocenters. The van der Waals surface area contributed by atoms with E-state index in [1.54, 1.807) is 23.8 Å². The van der Waals surface area contributed by atoms with E-state index >= 15 is 0 Å². The second-order valence-corrected chi connectivity index (χ2v) is 11.5. The van der Waals surface area contributed by atoms with Crippen molar-refractivity contribution in [3.8, 4) is 0 Å². The van der Waals surface area contributed by atoms with Gasteiger partial charge in [-0.3, -0.25) is 14.5 Å². The molecule has 2 aromatic rings. The number of fused-ring (bicyclic) bond motifs is 2. The van der Waals surface area contributed by atoms with Crippen molar-refractivity contribution in [1.82, 2.24) is 15.2 Å². The van der Waals surface area contributed by atoms with Gasteiger partial charge in [-0.25, -0.2) is 4.98 Å². The van der Waals surface area contributed by atoms with Crippen LogP contribution >= 0.6 is 34.4 Å². The van der Waals surface area contributed by atoms with Gasteiger partial charge in [-0.05, 0) is 12.8 Å². The molecule has 2 amide bonds. The summed E-state index contributed by atoms with van der Waals surface area (Å²) in [6.07, 6.45) is 2.87. The van der Waals surface area contributed by atoms with E-state index in [-0.39, 0.29) is 28.3 Å². The molecule has 4 heterocycles. The molecule has 0 spiro atoms. The highest BCUT2D eigenvalue weighted by Crippen LogP contribution is 2.41. The summed E-state index contributed by atoms with van der Waals surface area (Å²) < 4.78 is 7.65. The molecule has 0 saturated carbocycles. The predicted octanol–water partition coefficient (Wildman–Crippen LogP) is -0.447. The van der Waals surface area contributed by atoms with Crippen LogP contribution in [0, 0.1) is 0 Å². The molecule has 5 rings (SSSR count). The second-order valence-electron chi connectivity index (χ2n) is 8.57. The van der Waals surface area contributed by atoms with Crippen LogP contribution in [0.5, 0.6) is 0 Å². The van der Waals surface area contributed by atoms with E-state index in [2.05, 4.69) is 15.5 Å². The van der Waals surface area contributed by atoms with E-state index in [9.17, 15) is 19.5 Å². The molecular weight excluding hydrogens is 540 g/mol. The summed E-state index contributed by atoms with van der Waals surface area (Å²) >= 11 is 4.12. The van der Waals surface area contributed by atoms with Crippen molar-refractivity contribution in [3.05, 3.63) is 38.4 Å². The zero-order chi connectivity index (χ0) is 26.3. The number of oxime groups is 1. The average Bonchev–Trinajstić information content (AvgIpc) is 3.51. The van der Waals surface area contributed by atoms with Gasteiger partial charge in [0.1, 0.15) is 29.1 Å². The van der Waals surface area contributed by atoms with Gasteiger partial charge in [0, 0.05) is 30.2 Å². The number of rotatable bonds is 8. The first-order valence-electron chi connectivity index (χ1n) is 11.4. The minimum atomic E-state index is -1.42. The summed E-state index contributed by atoms with van der Waals surface area (Å²) in [5, 5.41) is 19.8. The van der Waals surface area contributed by atoms with Gasteiger partial charge in [0.25, 0.3) is 11.8 Å². The number of amides is 2. The zero-order valence-electron chi connectivity index (χ0n) is 20.0. The summed E-state index contributed by atoms with van der Waals surface area (Å²) in [7, 11) is 2.98. The Balaban J connectivity index is 1.35. The quantitative estimate of drug-likeness (QED) is 0.187. The van der Waals surface area contributed by atoms with E-state index in [0.717, 1.165) is 41.2 Å². The number of aliphatic carboxylic acids is 1. The Labute approximate surface area is 224 Å². The van der Waals surface area contributed by atoms with Crippen LogP contribution in [0.3, 0.4) is 0 Å². The summed E-state index contributed by atoms with van der Waals surface area (Å²) in [6.45, 7) is 0.335. The number of hydrogen-bond acceptors (Lipinski definition) is 12. The number of aromatic nitrogens is 2. The molecule has 1 aliphatic carbocycles. The Bertz CT molecular complexity index is 1320. The molecule has 2 aliphatic heterocycles. The Morgan fingerprint density at radius 2 is 2.19 bits per heavy atom. The van der Waals surface area contributed by atoms with E-state index in [1.807, 2.05) is 10.1 Å². The van der Waals surface area contributed by atoms with Crippen LogP contribution in [0.4, 0.5) is 5.13 Å². The average molecular weight is 565 g/mol. The second kappa shape index (κ2) is 10.4. The van der Waals surface area contributed by atoms with Crippen LogP contribution in [0.1, 0.15) is 35.2 Å². The van der Waals surface area contributed by atoms with Crippen LogP contribution in [0.2, 0.25) is 0 Å². The molecule has 0 aromatic carbocycles. The number of nitrogens with two attached hydrogens (primary N) is 1. The molecule has 12 nitrogen and oxygen atoms in total. The fraction of sp³-hybridized carbons (Fsp3) is 0.455. The van der Waals surface area contributed by atoms with Gasteiger partial charge in [0.2, 0.25) is 5.51 Å². The number of nitrogens with zero attached hydrogens (tertiary/aromatic N) is 4. The van der Waals surface area contributed by atoms with E-state index in [0.29, 0.717) is 17.9 Å². The number of nitrogens with one attached hydrogen (secondary N) is 1. The standard InChI is InChI=1S/C22H24N6O6S3/c1-33-13-5-3-4-12-17(13)37-9-27(12)6-10-7-35-20-15(19(30)28(20)16(10)21(31)32)25-18(29)14(26-34-2)11-8-36-22(23)24-11/h8-9,13,15,20H,3-7H2,1-2H3,(H3-,23,24,25,29,31,32)/b26-14-/t13?,15-,20-/m1/s1. The van der Waals surface area contributed by atoms with Gasteiger partial charge in [-0.1, -0.05) is 16.5 Å². The molecule has 1 fully saturated rings. The summed E-state index contributed by atoms with van der Waals surface area (Å²) in [5.74, 6) is -2.26. The van der Waals surface area contributed by atoms with Crippen molar-refractivity contribution in [3.63, 3.8) is 0 Å². The Hall–Kier alpha value is -3.01. The molecule has 0 radical (unpaired) electrons. The largest absolute Gasteiger partial charge is 0.543 e. The molecular formula is C22H24N6O6S3. The molecule has 37 heavy (non-hydrogen) atoms. The SMILES string of the molecule is CO/N=C(\C(=O)N[C@@H]1C(=O)N2C(C(=O)[O-])=C(C[n+]3csc4c3CCCC4OC)CS[C@H]12)c1csc(N)n1. The number of hydrogen-bond donors (Lipinski definition) is 2. The van der Waals surface area contributed by atoms with Crippen LogP contribution < -0.4 is 20.7 Å². The maximum Gasteiger partial charge on any atom is 0.276 e. The van der Waals surface area contributed by atoms with E-state index in [1.165, 1.54) is 23.8 Å². The van der Waals surface area contributed by atoms with Crippen molar-refractivity contribution < 1.29 is 33.6 Å². The minimum absolute atomic E-state index is 0.0447. The lowest BCUT2D eigenvalue weighted by atomic mass is 9.99. The van der Waals surface area contributed by atoms with Gasteiger partial charge in [0.15, 0.2) is 23.1 Å². The number of methoxy groups -OCH3 is 1. The Kier molecular flexibility index (Phi) is 7.20. The highest BCUT2D eigenvalue weighted by Gasteiger charge is 2.53. The highest BCUT2D eigenvalue weighted by molar-refractivity contribution is 8.00. The number of thioether (sulfide) groups is 1. The smallest absolute Gasteiger partial charge is 0.276 e. The minimum Gasteiger partial charge on any atom is -0.543 e. The van der Waals surface area contributed by atoms with Crippen LogP contribution in [-0.4, -0.2) is 64.8 Å². The number of β-lactam (4-membered cyclic amide) rings is 1. The third-order valence-corrected chi connectivity index (χ3v) is 9.57. The lowest BCUT2D eigenvalue weighted by Gasteiger charge is -2.50. The van der Waals surface area contributed by atoms with Crippen LogP contribution in [0.25, 0.3) is 0 Å². The Morgan fingerprint density at radius 3 is 2.86 bits per heavy atom. The van der Waals surface area contributed by atoms with Gasteiger partial charge >= 0.3 is 0 Å². The molecule has 15 heteroatoms. The number of carbonyl (C=O) groups excluding carboxylic acids is 3. The maximum absolute atomic E-state index is 13.1. The van der Waals surface area contributed by atoms with E-state index < -0.39 is 29.2 Å². The molecule has 1 unspecified atom stereocenters. The van der Waals surface area contributed by atoms with Gasteiger partial charge < -0.3 is 30.5 Å². The first-order chi connectivity index (χ1) is 17.8. The van der Waals surface area contributed by atoms with Crippen molar-refractivity contribution in [2.75, 3.05) is 25.7 Å². The lowest BCUT2D eigenvalue weighted by molar-refractivity contribution is -0.692. The topological polar surface area (TPSA) is 163 Å². The van der Waals surface area contributed by atoms with E-state index in [4.69, 9.17) is 15.3 Å². The number of carboxylic acid groups (broad SMARTS) is 1. The van der Waals surface area contributed by atoms with Crippen LogP contribution in [-0.2, 0) is 36.9 Å². The summed E-state index contributed by atoms with van der Waals surface area (Å²) in [5.41, 5.74) is 9.30. The predicted molar refractivity (Wildman–Crippen MR) is 134 cm³/mol. The molecule has 196 valence electrons. The molecule has 1 saturated heterocycles. The monoisotopic (exact) mass is 564 g/mol. The van der Waals surface area contributed by atoms with Gasteiger partial charge in [-0.2, -0.15) is 4.57 Å². The Morgan fingerprint density at radius 1 is 1.38 bits per heavy atom. The number of thiazole rings is 2. The normalized spacial score (nSPS) is 23.3. The lowest BCUT2D eigenvalue weighted by Crippen LogP contribution is -2.71. The zero-order valence-corrected chi connectivity index (χ0v) is 22.4. The highest BCUT2D eigenvalue weighted by atomic mass is 32.2. The molecule has 3 aliphatic rings. The van der Waals surface area contributed by atoms with Gasteiger partial charge in [-0.15, -0.1) is 23.1 Å². The first kappa shape index (κ1) is 25.6. The van der Waals surface area contributed by atoms with Crippen molar-refractivity contribution in [1.29, 1.82) is 0 Å². The van der Waals surface area contributed by atoms with Crippen molar-refractivity contribution >= 4 is 63.1 Å². The fourth-order valence-electron chi connectivity index (χ4n) is 4.77. The summed E-state index contributed by atoms with van der Waals surface area (Å²) in [6, 6.07) is -0.935. The number of nitrogen functional groups attached to an aromatic ring is 1. The van der Waals surface area contributed by atoms with Crippen molar-refractivity contribution in [2.45, 2.75) is 43.3 Å². The number of carbonyl (C=O) groups is 3. The third-order valence-electron chi connectivity index (χ3n) is 6.45. The van der Waals surface area contributed by atoms with Crippen LogP contribution in [0.15, 0.2) is 27.3 Å². The summed E-state index contributed by atoms with van der Waals surface area (Å²) in [4.78, 5) is 49.3. The molecule has 2 aromatic heterocycles. The number of anilines is 1. The van der Waals surface area contributed by atoms with Gasteiger partial charge in [0.05, 0.1) is 17.8 Å². The fourth-order valence-corrected chi connectivity index (χ4v) is 7.81.